The van der Waals surface area contributed by atoms with E-state index in [9.17, 15) is 0 Å². The fraction of sp³-hybridized carbons (Fsp3) is 0.673. The van der Waals surface area contributed by atoms with Crippen molar-refractivity contribution in [2.24, 2.45) is 0 Å². The molecule has 6 aromatic rings. The van der Waals surface area contributed by atoms with Crippen molar-refractivity contribution in [3.8, 4) is 34.5 Å². The van der Waals surface area contributed by atoms with Crippen LogP contribution < -0.4 is 28.4 Å². The molecule has 0 unspecified atom stereocenters. The molecule has 6 aromatic carbocycles. The Morgan fingerprint density at radius 1 is 0.133 bits per heavy atom. The van der Waals surface area contributed by atoms with E-state index in [4.69, 9.17) is 85.3 Å². The lowest BCUT2D eigenvalue weighted by molar-refractivity contribution is 0.0531. The third kappa shape index (κ3) is 108. The summed E-state index contributed by atoms with van der Waals surface area (Å²) < 4.78 is 94.8. The maximum absolute atomic E-state index is 5.61. The van der Waals surface area contributed by atoms with Gasteiger partial charge in [0.05, 0.1) is 66.1 Å². The Balaban J connectivity index is -0.000000253. The van der Waals surface area contributed by atoms with Crippen molar-refractivity contribution in [3.05, 3.63) is 179 Å². The van der Waals surface area contributed by atoms with Gasteiger partial charge < -0.3 is 85.3 Å². The Hall–Kier alpha value is -6.36. The quantitative estimate of drug-likeness (QED) is 0.0331. The van der Waals surface area contributed by atoms with Gasteiger partial charge in [-0.25, -0.2) is 0 Å². The van der Waals surface area contributed by atoms with E-state index in [1.54, 1.807) is 0 Å². The topological polar surface area (TPSA) is 166 Å². The minimum Gasteiger partial charge on any atom is -0.494 e. The molecule has 6 rings (SSSR count). The zero-order valence-electron chi connectivity index (χ0n) is 87.1. The van der Waals surface area contributed by atoms with E-state index in [-0.39, 0.29) is 0 Å². The molecular formula is C110H198O18. The van der Waals surface area contributed by atoms with Gasteiger partial charge >= 0.3 is 0 Å². The first kappa shape index (κ1) is 135. The van der Waals surface area contributed by atoms with Crippen molar-refractivity contribution < 1.29 is 85.3 Å². The lowest BCUT2D eigenvalue weighted by atomic mass is 10.2. The van der Waals surface area contributed by atoms with Gasteiger partial charge in [0.2, 0.25) is 0 Å². The average Bonchev–Trinajstić information content (AvgIpc) is 0.934. The van der Waals surface area contributed by atoms with Crippen LogP contribution in [0.4, 0.5) is 0 Å². The molecule has 128 heavy (non-hydrogen) atoms. The van der Waals surface area contributed by atoms with E-state index >= 15 is 0 Å². The molecule has 0 heterocycles. The average molecular weight is 1810 g/mol. The third-order valence-electron chi connectivity index (χ3n) is 16.2. The van der Waals surface area contributed by atoms with Crippen LogP contribution in [0.25, 0.3) is 0 Å². The molecule has 0 radical (unpaired) electrons. The highest BCUT2D eigenvalue weighted by Crippen LogP contribution is 2.18. The predicted molar refractivity (Wildman–Crippen MR) is 547 cm³/mol. The van der Waals surface area contributed by atoms with E-state index in [2.05, 4.69) is 190 Å². The largest absolute Gasteiger partial charge is 0.494 e. The normalized spacial score (nSPS) is 9.80. The second-order valence-electron chi connectivity index (χ2n) is 28.2. The van der Waals surface area contributed by atoms with Crippen molar-refractivity contribution in [2.75, 3.05) is 198 Å². The van der Waals surface area contributed by atoms with E-state index < -0.39 is 0 Å². The number of rotatable bonds is 59. The maximum Gasteiger partial charge on any atom is 0.119 e. The fourth-order valence-corrected chi connectivity index (χ4v) is 9.47. The first-order valence-corrected chi connectivity index (χ1v) is 49.8. The molecule has 0 N–H and O–H groups in total. The number of ether oxygens (including phenoxy) is 18. The van der Waals surface area contributed by atoms with Gasteiger partial charge in [0.25, 0.3) is 0 Å². The molecule has 0 saturated heterocycles. The van der Waals surface area contributed by atoms with Crippen molar-refractivity contribution in [3.63, 3.8) is 0 Å². The molecular weight excluding hydrogens is 1610 g/mol. The summed E-state index contributed by atoms with van der Waals surface area (Å²) in [4.78, 5) is 0. The Kier molecular flexibility index (Phi) is 127. The second kappa shape index (κ2) is 121. The van der Waals surface area contributed by atoms with Crippen LogP contribution >= 0.6 is 0 Å². The molecule has 0 spiro atoms. The summed E-state index contributed by atoms with van der Waals surface area (Å²) in [6.45, 7) is 77.5. The summed E-state index contributed by atoms with van der Waals surface area (Å²) in [5.41, 5.74) is 8.08. The molecule has 0 atom stereocenters. The molecule has 18 heteroatoms. The monoisotopic (exact) mass is 1810 g/mol. The molecule has 0 fully saturated rings. The van der Waals surface area contributed by atoms with Gasteiger partial charge in [-0.05, 0) is 258 Å². The second-order valence-corrected chi connectivity index (χ2v) is 28.2. The summed E-state index contributed by atoms with van der Waals surface area (Å²) in [6, 6.07) is 49.5. The van der Waals surface area contributed by atoms with Gasteiger partial charge in [0.1, 0.15) is 47.7 Å². The van der Waals surface area contributed by atoms with Crippen molar-refractivity contribution in [1.29, 1.82) is 0 Å². The summed E-state index contributed by atoms with van der Waals surface area (Å²) in [5, 5.41) is 0. The van der Waals surface area contributed by atoms with E-state index in [1.807, 2.05) is 135 Å². The number of hydrogen-bond donors (Lipinski definition) is 0. The minimum atomic E-state index is 0.630. The minimum absolute atomic E-state index is 0.630. The number of benzene rings is 6. The molecule has 0 amide bonds. The highest BCUT2D eigenvalue weighted by molar-refractivity contribution is 5.31. The number of hydrogen-bond acceptors (Lipinski definition) is 18. The van der Waals surface area contributed by atoms with Crippen LogP contribution in [-0.4, -0.2) is 198 Å². The fourth-order valence-electron chi connectivity index (χ4n) is 9.47. The smallest absolute Gasteiger partial charge is 0.119 e. The molecule has 0 aliphatic heterocycles. The van der Waals surface area contributed by atoms with Crippen molar-refractivity contribution in [2.45, 2.75) is 296 Å². The van der Waals surface area contributed by atoms with Crippen molar-refractivity contribution >= 4 is 0 Å². The van der Waals surface area contributed by atoms with Crippen molar-refractivity contribution in [1.82, 2.24) is 0 Å². The number of aryl methyl sites for hydroxylation is 6. The molecule has 0 aliphatic carbocycles. The van der Waals surface area contributed by atoms with Gasteiger partial charge in [-0.3, -0.25) is 0 Å². The highest BCUT2D eigenvalue weighted by atomic mass is 16.5. The SMILES string of the molecule is CCC.CCC.CCCOCCCOCC.CCCOCCCOc1ccc(CC)cc1.CCCOCCCOc1ccc(CC)cc1.CCCOCCOCC.CCCOCCOCC.CCCOCCOc1ccc(CC)cc1.CCCOCCOc1ccc(CC)cc1.CCOCC.CCOCC.CCOc1ccc(CC)cc1.CCOc1ccc(CC)cc1. The van der Waals surface area contributed by atoms with Crippen LogP contribution in [0.15, 0.2) is 146 Å². The summed E-state index contributed by atoms with van der Waals surface area (Å²) in [6.07, 6.45) is 19.5. The zero-order chi connectivity index (χ0) is 96.6. The van der Waals surface area contributed by atoms with Crippen LogP contribution in [-0.2, 0) is 95.4 Å². The first-order valence-electron chi connectivity index (χ1n) is 49.8. The Morgan fingerprint density at radius 2 is 0.281 bits per heavy atom. The van der Waals surface area contributed by atoms with Crippen LogP contribution in [0.3, 0.4) is 0 Å². The standard InChI is InChI=1S/2C14H22O2.2C13H20O2.2C10H14O.C8H18O2.2C7H16O2.2C4H10O.2C3H8/c2*1-3-10-15-11-5-12-16-14-8-6-13(4-2)7-9-14;2*1-3-9-14-10-11-15-13-7-5-12(4-2)6-8-13;2*1-3-9-5-7-10(8-6-9)11-4-2;1-3-6-10-8-5-7-9-4-2;2*1-3-5-9-7-6-8-4-2;2*1-3-5-4-2;2*1-3-2/h2*6-9H,3-5,10-12H2,1-2H3;2*5-8H,3-4,9-11H2,1-2H3;2*5-8H,3-4H2,1-2H3;3-8H2,1-2H3;2*3-7H2,1-2H3;2*3-4H2,1-2H3;2*3H2,1-2H3. The van der Waals surface area contributed by atoms with Crippen LogP contribution in [0.1, 0.15) is 290 Å². The van der Waals surface area contributed by atoms with Gasteiger partial charge in [0.15, 0.2) is 0 Å². The lowest BCUT2D eigenvalue weighted by Gasteiger charge is -2.07. The van der Waals surface area contributed by atoms with Crippen LogP contribution in [0.5, 0.6) is 34.5 Å². The van der Waals surface area contributed by atoms with Gasteiger partial charge in [0, 0.05) is 132 Å². The first-order chi connectivity index (χ1) is 62.6. The Bertz CT molecular complexity index is 2660. The van der Waals surface area contributed by atoms with Crippen LogP contribution in [0.2, 0.25) is 0 Å². The summed E-state index contributed by atoms with van der Waals surface area (Å²) in [7, 11) is 0. The van der Waals surface area contributed by atoms with E-state index in [1.165, 1.54) is 46.2 Å². The molecule has 0 aromatic heterocycles. The molecule has 0 aliphatic rings. The Morgan fingerprint density at radius 3 is 0.453 bits per heavy atom. The van der Waals surface area contributed by atoms with Gasteiger partial charge in [-0.1, -0.05) is 203 Å². The third-order valence-corrected chi connectivity index (χ3v) is 16.2. The predicted octanol–water partition coefficient (Wildman–Crippen LogP) is 28.0. The lowest BCUT2D eigenvalue weighted by Crippen LogP contribution is -2.06. The molecule has 0 bridgehead atoms. The van der Waals surface area contributed by atoms with Crippen LogP contribution in [0, 0.1) is 0 Å². The molecule has 746 valence electrons. The summed E-state index contributed by atoms with van der Waals surface area (Å²) in [5.74, 6) is 5.68. The molecule has 18 nitrogen and oxygen atoms in total. The zero-order valence-corrected chi connectivity index (χ0v) is 87.1. The maximum atomic E-state index is 5.61. The van der Waals surface area contributed by atoms with Gasteiger partial charge in [-0.15, -0.1) is 0 Å². The summed E-state index contributed by atoms with van der Waals surface area (Å²) >= 11 is 0. The van der Waals surface area contributed by atoms with E-state index in [0.717, 1.165) is 309 Å². The Labute approximate surface area is 788 Å². The highest BCUT2D eigenvalue weighted by Gasteiger charge is 2.01. The van der Waals surface area contributed by atoms with E-state index in [0.29, 0.717) is 26.4 Å². The molecule has 0 saturated carbocycles. The van der Waals surface area contributed by atoms with Gasteiger partial charge in [-0.2, -0.15) is 0 Å².